The van der Waals surface area contributed by atoms with Crippen molar-refractivity contribution in [3.05, 3.63) is 0 Å². The van der Waals surface area contributed by atoms with Crippen LogP contribution in [0.5, 0.6) is 0 Å². The molecular formula is C12H21NO2. The molecule has 86 valence electrons. The lowest BCUT2D eigenvalue weighted by molar-refractivity contribution is -0.142. The molecule has 3 aliphatic rings. The van der Waals surface area contributed by atoms with Gasteiger partial charge in [-0.2, -0.15) is 0 Å². The summed E-state index contributed by atoms with van der Waals surface area (Å²) in [5, 5.41) is 8.97. The minimum Gasteiger partial charge on any atom is -0.481 e. The monoisotopic (exact) mass is 211 g/mol. The Balaban J connectivity index is 2.13. The molecular weight excluding hydrogens is 190 g/mol. The number of nitrogens with zero attached hydrogens (tertiary/aromatic N) is 1. The second kappa shape index (κ2) is 4.12. The molecule has 15 heavy (non-hydrogen) atoms. The van der Waals surface area contributed by atoms with Gasteiger partial charge in [-0.1, -0.05) is 13.8 Å². The lowest BCUT2D eigenvalue weighted by Crippen LogP contribution is -2.57. The number of hydrogen-bond donors (Lipinski definition) is 1. The fourth-order valence-electron chi connectivity index (χ4n) is 3.60. The van der Waals surface area contributed by atoms with Crippen LogP contribution < -0.4 is 0 Å². The second-order valence-corrected chi connectivity index (χ2v) is 5.37. The fraction of sp³-hybridized carbons (Fsp3) is 0.917. The number of hydrogen-bond acceptors (Lipinski definition) is 2. The van der Waals surface area contributed by atoms with Crippen molar-refractivity contribution in [3.8, 4) is 0 Å². The predicted octanol–water partition coefficient (Wildman–Crippen LogP) is 1.83. The van der Waals surface area contributed by atoms with E-state index in [9.17, 15) is 4.79 Å². The molecule has 0 amide bonds. The molecule has 3 heterocycles. The van der Waals surface area contributed by atoms with Crippen LogP contribution in [-0.2, 0) is 4.79 Å². The molecule has 2 atom stereocenters. The number of piperidine rings is 3. The molecule has 0 aromatic carbocycles. The van der Waals surface area contributed by atoms with Crippen LogP contribution in [0.15, 0.2) is 0 Å². The maximum absolute atomic E-state index is 10.9. The third-order valence-electron chi connectivity index (χ3n) is 4.13. The van der Waals surface area contributed by atoms with Gasteiger partial charge in [0.05, 0.1) is 0 Å². The Kier molecular flexibility index (Phi) is 3.01. The topological polar surface area (TPSA) is 40.5 Å². The van der Waals surface area contributed by atoms with E-state index in [2.05, 4.69) is 18.7 Å². The number of rotatable bonds is 3. The molecule has 1 N–H and O–H groups in total. The Hall–Kier alpha value is -0.570. The molecule has 0 aliphatic carbocycles. The molecule has 0 aromatic heterocycles. The van der Waals surface area contributed by atoms with Gasteiger partial charge in [0.1, 0.15) is 0 Å². The van der Waals surface area contributed by atoms with Crippen molar-refractivity contribution in [1.82, 2.24) is 4.90 Å². The van der Waals surface area contributed by atoms with Crippen LogP contribution >= 0.6 is 0 Å². The zero-order valence-electron chi connectivity index (χ0n) is 9.65. The largest absolute Gasteiger partial charge is 0.481 e. The Morgan fingerprint density at radius 1 is 1.40 bits per heavy atom. The zero-order chi connectivity index (χ0) is 11.0. The van der Waals surface area contributed by atoms with Crippen molar-refractivity contribution in [2.24, 2.45) is 17.8 Å². The molecule has 0 aromatic rings. The number of aliphatic carboxylic acids is 1. The summed E-state index contributed by atoms with van der Waals surface area (Å²) in [6.45, 7) is 6.81. The van der Waals surface area contributed by atoms with E-state index in [1.54, 1.807) is 0 Å². The first-order valence-electron chi connectivity index (χ1n) is 6.05. The third kappa shape index (κ3) is 2.03. The number of carboxylic acids is 1. The lowest BCUT2D eigenvalue weighted by atomic mass is 9.69. The second-order valence-electron chi connectivity index (χ2n) is 5.37. The van der Waals surface area contributed by atoms with E-state index in [-0.39, 0.29) is 0 Å². The van der Waals surface area contributed by atoms with Gasteiger partial charge in [0.25, 0.3) is 0 Å². The lowest BCUT2D eigenvalue weighted by Gasteiger charge is -2.52. The van der Waals surface area contributed by atoms with Crippen LogP contribution in [0.2, 0.25) is 0 Å². The highest BCUT2D eigenvalue weighted by Gasteiger charge is 2.43. The van der Waals surface area contributed by atoms with E-state index in [0.29, 0.717) is 30.2 Å². The maximum atomic E-state index is 10.9. The third-order valence-corrected chi connectivity index (χ3v) is 4.13. The minimum absolute atomic E-state index is 0.365. The molecule has 0 radical (unpaired) electrons. The first-order valence-corrected chi connectivity index (χ1v) is 6.05. The molecule has 0 spiro atoms. The molecule has 3 rings (SSSR count). The summed E-state index contributed by atoms with van der Waals surface area (Å²) in [5.74, 6) is 1.01. The first kappa shape index (κ1) is 10.9. The van der Waals surface area contributed by atoms with Gasteiger partial charge in [-0.25, -0.2) is 0 Å². The maximum Gasteiger partial charge on any atom is 0.303 e. The van der Waals surface area contributed by atoms with Gasteiger partial charge in [-0.05, 0) is 43.7 Å². The van der Waals surface area contributed by atoms with Crippen LogP contribution in [0.4, 0.5) is 0 Å². The summed E-state index contributed by atoms with van der Waals surface area (Å²) in [6.07, 6.45) is 2.78. The van der Waals surface area contributed by atoms with Gasteiger partial charge in [0.2, 0.25) is 0 Å². The SMILES string of the molecule is CC(C)C1C(CC(=O)O)C2CCN1CC2. The van der Waals surface area contributed by atoms with Gasteiger partial charge in [-0.3, -0.25) is 9.69 Å². The summed E-state index contributed by atoms with van der Waals surface area (Å²) in [4.78, 5) is 13.4. The minimum atomic E-state index is -0.626. The van der Waals surface area contributed by atoms with Gasteiger partial charge in [0, 0.05) is 12.5 Å². The number of carboxylic acid groups (broad SMARTS) is 1. The summed E-state index contributed by atoms with van der Waals surface area (Å²) >= 11 is 0. The molecule has 3 aliphatic heterocycles. The highest BCUT2D eigenvalue weighted by molar-refractivity contribution is 5.67. The molecule has 3 heteroatoms. The van der Waals surface area contributed by atoms with E-state index in [4.69, 9.17) is 5.11 Å². The van der Waals surface area contributed by atoms with E-state index >= 15 is 0 Å². The Morgan fingerprint density at radius 3 is 2.47 bits per heavy atom. The van der Waals surface area contributed by atoms with Gasteiger partial charge in [-0.15, -0.1) is 0 Å². The van der Waals surface area contributed by atoms with Gasteiger partial charge in [0.15, 0.2) is 0 Å². The van der Waals surface area contributed by atoms with E-state index in [1.807, 2.05) is 0 Å². The first-order chi connectivity index (χ1) is 7.09. The average Bonchev–Trinajstić information content (AvgIpc) is 2.17. The average molecular weight is 211 g/mol. The molecule has 3 nitrogen and oxygen atoms in total. The summed E-state index contributed by atoms with van der Waals surface area (Å²) in [7, 11) is 0. The summed E-state index contributed by atoms with van der Waals surface area (Å²) in [5.41, 5.74) is 0. The van der Waals surface area contributed by atoms with E-state index < -0.39 is 5.97 Å². The summed E-state index contributed by atoms with van der Waals surface area (Å²) < 4.78 is 0. The number of fused-ring (bicyclic) bond motifs is 3. The van der Waals surface area contributed by atoms with Crippen LogP contribution in [0.1, 0.15) is 33.1 Å². The van der Waals surface area contributed by atoms with Crippen molar-refractivity contribution < 1.29 is 9.90 Å². The van der Waals surface area contributed by atoms with Crippen LogP contribution in [0.25, 0.3) is 0 Å². The smallest absolute Gasteiger partial charge is 0.303 e. The Morgan fingerprint density at radius 2 is 2.00 bits per heavy atom. The normalized spacial score (nSPS) is 39.7. The fourth-order valence-corrected chi connectivity index (χ4v) is 3.60. The number of carbonyl (C=O) groups is 1. The summed E-state index contributed by atoms with van der Waals surface area (Å²) in [6, 6.07) is 0.508. The van der Waals surface area contributed by atoms with Crippen molar-refractivity contribution in [2.75, 3.05) is 13.1 Å². The highest BCUT2D eigenvalue weighted by Crippen LogP contribution is 2.41. The van der Waals surface area contributed by atoms with Crippen molar-refractivity contribution in [2.45, 2.75) is 39.2 Å². The standard InChI is InChI=1S/C12H21NO2/c1-8(2)12-10(7-11(14)15)9-3-5-13(12)6-4-9/h8-10,12H,3-7H2,1-2H3,(H,14,15). The van der Waals surface area contributed by atoms with Crippen molar-refractivity contribution >= 4 is 5.97 Å². The van der Waals surface area contributed by atoms with Crippen molar-refractivity contribution in [1.29, 1.82) is 0 Å². The Labute approximate surface area is 91.5 Å². The van der Waals surface area contributed by atoms with Crippen LogP contribution in [-0.4, -0.2) is 35.1 Å². The molecule has 0 saturated carbocycles. The quantitative estimate of drug-likeness (QED) is 0.774. The highest BCUT2D eigenvalue weighted by atomic mass is 16.4. The Bertz CT molecular complexity index is 244. The molecule has 3 saturated heterocycles. The predicted molar refractivity (Wildman–Crippen MR) is 58.7 cm³/mol. The van der Waals surface area contributed by atoms with E-state index in [0.717, 1.165) is 0 Å². The molecule has 2 bridgehead atoms. The zero-order valence-corrected chi connectivity index (χ0v) is 9.65. The van der Waals surface area contributed by atoms with Crippen LogP contribution in [0.3, 0.4) is 0 Å². The van der Waals surface area contributed by atoms with Crippen LogP contribution in [0, 0.1) is 17.8 Å². The molecule has 3 fully saturated rings. The van der Waals surface area contributed by atoms with Gasteiger partial charge >= 0.3 is 5.97 Å². The van der Waals surface area contributed by atoms with E-state index in [1.165, 1.54) is 25.9 Å². The van der Waals surface area contributed by atoms with Crippen molar-refractivity contribution in [3.63, 3.8) is 0 Å². The van der Waals surface area contributed by atoms with Gasteiger partial charge < -0.3 is 5.11 Å². The molecule has 2 unspecified atom stereocenters.